The Balaban J connectivity index is 1.97. The van der Waals surface area contributed by atoms with Crippen LogP contribution < -0.4 is 4.72 Å². The van der Waals surface area contributed by atoms with Crippen molar-refractivity contribution in [1.82, 2.24) is 10.2 Å². The number of nitrogens with one attached hydrogen (secondary N) is 1. The van der Waals surface area contributed by atoms with Gasteiger partial charge in [-0.05, 0) is 43.1 Å². The Morgan fingerprint density at radius 2 is 1.81 bits per heavy atom. The van der Waals surface area contributed by atoms with Gasteiger partial charge in [-0.3, -0.25) is 0 Å². The summed E-state index contributed by atoms with van der Waals surface area (Å²) in [5, 5.41) is 8.04. The molecule has 2 rings (SSSR count). The maximum atomic E-state index is 5.64. The maximum Gasteiger partial charge on any atom is 0.158 e. The number of benzene rings is 1. The Morgan fingerprint density at radius 3 is 2.44 bits per heavy atom. The molecule has 0 bridgehead atoms. The molecule has 0 radical (unpaired) electrons. The first kappa shape index (κ1) is 11.2. The van der Waals surface area contributed by atoms with E-state index in [1.165, 1.54) is 17.5 Å². The van der Waals surface area contributed by atoms with Gasteiger partial charge in [0.1, 0.15) is 0 Å². The van der Waals surface area contributed by atoms with Crippen molar-refractivity contribution in [3.05, 3.63) is 47.1 Å². The van der Waals surface area contributed by atoms with Gasteiger partial charge in [-0.2, -0.15) is 0 Å². The fourth-order valence-corrected chi connectivity index (χ4v) is 1.79. The van der Waals surface area contributed by atoms with Gasteiger partial charge >= 0.3 is 0 Å². The molecule has 3 nitrogen and oxygen atoms in total. The van der Waals surface area contributed by atoms with E-state index in [0.717, 1.165) is 4.90 Å². The number of rotatable bonds is 3. The lowest BCUT2D eigenvalue weighted by Gasteiger charge is -2.03. The lowest BCUT2D eigenvalue weighted by molar-refractivity contribution is 1.04. The van der Waals surface area contributed by atoms with Crippen molar-refractivity contribution < 1.29 is 0 Å². The summed E-state index contributed by atoms with van der Waals surface area (Å²) in [6.45, 7) is 2.06. The molecule has 0 saturated heterocycles. The molecule has 2 aromatic rings. The third-order valence-electron chi connectivity index (χ3n) is 1.93. The molecule has 5 heteroatoms. The zero-order valence-corrected chi connectivity index (χ0v) is 10.2. The molecule has 0 aliphatic heterocycles. The van der Waals surface area contributed by atoms with Crippen molar-refractivity contribution in [2.45, 2.75) is 11.8 Å². The minimum Gasteiger partial charge on any atom is -0.309 e. The molecule has 1 heterocycles. The fourth-order valence-electron chi connectivity index (χ4n) is 1.09. The highest BCUT2D eigenvalue weighted by Gasteiger charge is 1.97. The van der Waals surface area contributed by atoms with E-state index in [4.69, 9.17) is 11.6 Å². The van der Waals surface area contributed by atoms with E-state index in [9.17, 15) is 0 Å². The Bertz CT molecular complexity index is 410. The molecule has 0 saturated carbocycles. The average Bonchev–Trinajstić information content (AvgIpc) is 2.30. The lowest BCUT2D eigenvalue weighted by Crippen LogP contribution is -1.92. The highest BCUT2D eigenvalue weighted by molar-refractivity contribution is 8.00. The summed E-state index contributed by atoms with van der Waals surface area (Å²) >= 11 is 7.13. The van der Waals surface area contributed by atoms with E-state index in [-0.39, 0.29) is 0 Å². The zero-order chi connectivity index (χ0) is 11.4. The van der Waals surface area contributed by atoms with E-state index in [0.29, 0.717) is 11.0 Å². The van der Waals surface area contributed by atoms with Gasteiger partial charge < -0.3 is 4.72 Å². The second-order valence-electron chi connectivity index (χ2n) is 3.26. The SMILES string of the molecule is Cc1ccc(SNc2ccc(Cl)nn2)cc1. The second kappa shape index (κ2) is 5.18. The molecule has 1 aromatic heterocycles. The predicted octanol–water partition coefficient (Wildman–Crippen LogP) is 3.56. The van der Waals surface area contributed by atoms with Crippen molar-refractivity contribution in [2.24, 2.45) is 0 Å². The molecular weight excluding hydrogens is 242 g/mol. The Morgan fingerprint density at radius 1 is 1.06 bits per heavy atom. The van der Waals surface area contributed by atoms with Crippen molar-refractivity contribution in [2.75, 3.05) is 4.72 Å². The van der Waals surface area contributed by atoms with Crippen LogP contribution >= 0.6 is 23.5 Å². The molecule has 0 atom stereocenters. The number of hydrogen-bond acceptors (Lipinski definition) is 4. The van der Waals surface area contributed by atoms with Crippen LogP contribution in [0.4, 0.5) is 5.82 Å². The third kappa shape index (κ3) is 3.12. The minimum absolute atomic E-state index is 0.394. The summed E-state index contributed by atoms with van der Waals surface area (Å²) in [5.74, 6) is 0.690. The van der Waals surface area contributed by atoms with Gasteiger partial charge in [0.05, 0.1) is 0 Å². The van der Waals surface area contributed by atoms with Crippen LogP contribution in [-0.2, 0) is 0 Å². The Kier molecular flexibility index (Phi) is 3.64. The first-order valence-electron chi connectivity index (χ1n) is 4.73. The van der Waals surface area contributed by atoms with Gasteiger partial charge in [0.25, 0.3) is 0 Å². The van der Waals surface area contributed by atoms with Crippen molar-refractivity contribution in [3.8, 4) is 0 Å². The standard InChI is InChI=1S/C11H10ClN3S/c1-8-2-4-9(5-3-8)16-15-11-7-6-10(12)13-14-11/h2-7H,1H3,(H,14,15). The Hall–Kier alpha value is -1.26. The number of hydrogen-bond donors (Lipinski definition) is 1. The van der Waals surface area contributed by atoms with Gasteiger partial charge in [0, 0.05) is 4.90 Å². The van der Waals surface area contributed by atoms with Gasteiger partial charge in [0.15, 0.2) is 11.0 Å². The van der Waals surface area contributed by atoms with Crippen LogP contribution in [0.15, 0.2) is 41.3 Å². The molecule has 0 spiro atoms. The maximum absolute atomic E-state index is 5.64. The van der Waals surface area contributed by atoms with Crippen molar-refractivity contribution in [3.63, 3.8) is 0 Å². The largest absolute Gasteiger partial charge is 0.309 e. The van der Waals surface area contributed by atoms with Crippen LogP contribution in [0.3, 0.4) is 0 Å². The summed E-state index contributed by atoms with van der Waals surface area (Å²) < 4.78 is 3.09. The molecule has 16 heavy (non-hydrogen) atoms. The van der Waals surface area contributed by atoms with Gasteiger partial charge in [-0.15, -0.1) is 10.2 Å². The topological polar surface area (TPSA) is 37.8 Å². The van der Waals surface area contributed by atoms with E-state index < -0.39 is 0 Å². The molecule has 0 fully saturated rings. The average molecular weight is 252 g/mol. The van der Waals surface area contributed by atoms with E-state index in [2.05, 4.69) is 46.1 Å². The lowest BCUT2D eigenvalue weighted by atomic mass is 10.2. The molecule has 82 valence electrons. The zero-order valence-electron chi connectivity index (χ0n) is 8.64. The van der Waals surface area contributed by atoms with Gasteiger partial charge in [-0.25, -0.2) is 0 Å². The smallest absolute Gasteiger partial charge is 0.158 e. The first-order valence-corrected chi connectivity index (χ1v) is 5.92. The number of nitrogens with zero attached hydrogens (tertiary/aromatic N) is 2. The summed E-state index contributed by atoms with van der Waals surface area (Å²) in [4.78, 5) is 1.13. The number of halogens is 1. The fraction of sp³-hybridized carbons (Fsp3) is 0.0909. The molecule has 0 amide bonds. The van der Waals surface area contributed by atoms with E-state index in [1.54, 1.807) is 12.1 Å². The van der Waals surface area contributed by atoms with E-state index >= 15 is 0 Å². The Labute approximate surface area is 103 Å². The summed E-state index contributed by atoms with van der Waals surface area (Å²) in [5.41, 5.74) is 1.25. The number of aryl methyl sites for hydroxylation is 1. The highest BCUT2D eigenvalue weighted by atomic mass is 35.5. The van der Waals surface area contributed by atoms with Crippen LogP contribution in [0.1, 0.15) is 5.56 Å². The van der Waals surface area contributed by atoms with Gasteiger partial charge in [-0.1, -0.05) is 29.3 Å². The monoisotopic (exact) mass is 251 g/mol. The highest BCUT2D eigenvalue weighted by Crippen LogP contribution is 2.20. The second-order valence-corrected chi connectivity index (χ2v) is 4.53. The summed E-state index contributed by atoms with van der Waals surface area (Å²) in [7, 11) is 0. The molecule has 0 aliphatic carbocycles. The summed E-state index contributed by atoms with van der Waals surface area (Å²) in [6, 6.07) is 11.7. The van der Waals surface area contributed by atoms with Gasteiger partial charge in [0.2, 0.25) is 0 Å². The summed E-state index contributed by atoms with van der Waals surface area (Å²) in [6.07, 6.45) is 0. The van der Waals surface area contributed by atoms with Crippen molar-refractivity contribution in [1.29, 1.82) is 0 Å². The normalized spacial score (nSPS) is 10.1. The molecule has 1 aromatic carbocycles. The van der Waals surface area contributed by atoms with Crippen LogP contribution in [0, 0.1) is 6.92 Å². The predicted molar refractivity (Wildman–Crippen MR) is 67.7 cm³/mol. The first-order chi connectivity index (χ1) is 7.74. The molecule has 1 N–H and O–H groups in total. The molecular formula is C11H10ClN3S. The van der Waals surface area contributed by atoms with Crippen LogP contribution in [0.2, 0.25) is 5.15 Å². The van der Waals surface area contributed by atoms with Crippen LogP contribution in [-0.4, -0.2) is 10.2 Å². The van der Waals surface area contributed by atoms with Crippen molar-refractivity contribution >= 4 is 29.4 Å². The molecule has 0 aliphatic rings. The van der Waals surface area contributed by atoms with Crippen LogP contribution in [0.5, 0.6) is 0 Å². The minimum atomic E-state index is 0.394. The van der Waals surface area contributed by atoms with E-state index in [1.807, 2.05) is 0 Å². The third-order valence-corrected chi connectivity index (χ3v) is 2.95. The molecule has 0 unspecified atom stereocenters. The number of anilines is 1. The number of aromatic nitrogens is 2. The quantitative estimate of drug-likeness (QED) is 0.847. The van der Waals surface area contributed by atoms with Crippen LogP contribution in [0.25, 0.3) is 0 Å².